The molecule has 5 rings (SSSR count). The number of carbonyl (C=O) groups excluding carboxylic acids is 1. The average molecular weight is 533 g/mol. The van der Waals surface area contributed by atoms with Gasteiger partial charge in [0.05, 0.1) is 29.6 Å². The van der Waals surface area contributed by atoms with Crippen molar-refractivity contribution < 1.29 is 9.53 Å². The van der Waals surface area contributed by atoms with Crippen LogP contribution >= 0.6 is 23.1 Å². The van der Waals surface area contributed by atoms with E-state index in [2.05, 4.69) is 10.5 Å². The number of hydrazone groups is 1. The lowest BCUT2D eigenvalue weighted by Gasteiger charge is -2.13. The predicted molar refractivity (Wildman–Crippen MR) is 151 cm³/mol. The molecule has 190 valence electrons. The number of fused-ring (bicyclic) bond motifs is 3. The zero-order valence-corrected chi connectivity index (χ0v) is 22.5. The van der Waals surface area contributed by atoms with E-state index in [0.717, 1.165) is 64.0 Å². The van der Waals surface area contributed by atoms with E-state index >= 15 is 0 Å². The number of hydrogen-bond donors (Lipinski definition) is 1. The first-order chi connectivity index (χ1) is 18.0. The fourth-order valence-corrected chi connectivity index (χ4v) is 6.47. The van der Waals surface area contributed by atoms with Gasteiger partial charge in [-0.15, -0.1) is 11.3 Å². The van der Waals surface area contributed by atoms with Crippen molar-refractivity contribution in [2.45, 2.75) is 44.7 Å². The number of thiophene rings is 1. The number of ether oxygens (including phenoxy) is 1. The number of nitrogens with one attached hydrogen (secondary N) is 1. The van der Waals surface area contributed by atoms with Crippen LogP contribution in [0.2, 0.25) is 0 Å². The molecule has 37 heavy (non-hydrogen) atoms. The van der Waals surface area contributed by atoms with E-state index in [1.54, 1.807) is 22.1 Å². The molecule has 1 aliphatic rings. The van der Waals surface area contributed by atoms with Crippen molar-refractivity contribution in [1.82, 2.24) is 15.0 Å². The highest BCUT2D eigenvalue weighted by Crippen LogP contribution is 2.35. The molecule has 0 unspecified atom stereocenters. The third-order valence-electron chi connectivity index (χ3n) is 6.18. The molecule has 0 saturated heterocycles. The molecule has 1 amide bonds. The standard InChI is InChI=1S/C28H28N4O3S2/c1-3-35-21-14-10-19(11-15-21)16-29-31-24(33)17-36-28-30-26-25(22-6-4-5-7-23(22)37-26)27(34)32(28)20-12-8-18(2)9-13-20/h8-16H,3-7,17H2,1-2H3,(H,31,33)/b29-16+. The smallest absolute Gasteiger partial charge is 0.267 e. The van der Waals surface area contributed by atoms with Crippen molar-refractivity contribution in [1.29, 1.82) is 0 Å². The number of aromatic nitrogens is 2. The van der Waals surface area contributed by atoms with Crippen LogP contribution in [-0.4, -0.2) is 34.0 Å². The van der Waals surface area contributed by atoms with E-state index in [4.69, 9.17) is 9.72 Å². The van der Waals surface area contributed by atoms with Gasteiger partial charge in [0, 0.05) is 4.88 Å². The number of benzene rings is 2. The monoisotopic (exact) mass is 532 g/mol. The molecule has 0 bridgehead atoms. The summed E-state index contributed by atoms with van der Waals surface area (Å²) < 4.78 is 7.08. The SMILES string of the molecule is CCOc1ccc(/C=N/NC(=O)CSc2nc3sc4c(c3c(=O)n2-c2ccc(C)cc2)CCCC4)cc1. The molecule has 4 aromatic rings. The molecule has 2 aromatic carbocycles. The van der Waals surface area contributed by atoms with Gasteiger partial charge in [-0.3, -0.25) is 14.2 Å². The zero-order chi connectivity index (χ0) is 25.8. The van der Waals surface area contributed by atoms with Crippen LogP contribution in [-0.2, 0) is 17.6 Å². The van der Waals surface area contributed by atoms with E-state index in [1.807, 2.05) is 62.4 Å². The van der Waals surface area contributed by atoms with Gasteiger partial charge in [-0.1, -0.05) is 29.5 Å². The summed E-state index contributed by atoms with van der Waals surface area (Å²) in [6.07, 6.45) is 5.74. The molecule has 2 heterocycles. The molecule has 0 spiro atoms. The van der Waals surface area contributed by atoms with Crippen LogP contribution in [0.15, 0.2) is 63.6 Å². The van der Waals surface area contributed by atoms with E-state index in [-0.39, 0.29) is 17.2 Å². The number of rotatable bonds is 8. The second-order valence-corrected chi connectivity index (χ2v) is 10.9. The number of thioether (sulfide) groups is 1. The number of amides is 1. The minimum atomic E-state index is -0.275. The fourth-order valence-electron chi connectivity index (χ4n) is 4.36. The molecule has 0 aliphatic heterocycles. The second-order valence-electron chi connectivity index (χ2n) is 8.85. The van der Waals surface area contributed by atoms with Crippen LogP contribution < -0.4 is 15.7 Å². The summed E-state index contributed by atoms with van der Waals surface area (Å²) in [5.74, 6) is 0.591. The fraction of sp³-hybridized carbons (Fsp3) is 0.286. The Morgan fingerprint density at radius 1 is 1.16 bits per heavy atom. The summed E-state index contributed by atoms with van der Waals surface area (Å²) >= 11 is 2.85. The zero-order valence-electron chi connectivity index (χ0n) is 20.8. The summed E-state index contributed by atoms with van der Waals surface area (Å²) in [6, 6.07) is 15.3. The first-order valence-electron chi connectivity index (χ1n) is 12.4. The Balaban J connectivity index is 1.37. The predicted octanol–water partition coefficient (Wildman–Crippen LogP) is 5.28. The van der Waals surface area contributed by atoms with Gasteiger partial charge in [-0.05, 0) is 87.1 Å². The van der Waals surface area contributed by atoms with E-state index < -0.39 is 0 Å². The molecule has 2 aromatic heterocycles. The van der Waals surface area contributed by atoms with Crippen molar-refractivity contribution in [3.8, 4) is 11.4 Å². The maximum Gasteiger partial charge on any atom is 0.267 e. The Hall–Kier alpha value is -3.43. The van der Waals surface area contributed by atoms with Crippen LogP contribution in [0, 0.1) is 6.92 Å². The second kappa shape index (κ2) is 11.3. The highest BCUT2D eigenvalue weighted by Gasteiger charge is 2.23. The van der Waals surface area contributed by atoms with Crippen molar-refractivity contribution in [2.24, 2.45) is 5.10 Å². The first-order valence-corrected chi connectivity index (χ1v) is 14.2. The summed E-state index contributed by atoms with van der Waals surface area (Å²) in [7, 11) is 0. The quantitative estimate of drug-likeness (QED) is 0.145. The normalized spacial score (nSPS) is 13.1. The maximum absolute atomic E-state index is 13.8. The molecule has 0 saturated carbocycles. The molecule has 1 aliphatic carbocycles. The number of nitrogens with zero attached hydrogens (tertiary/aromatic N) is 3. The Morgan fingerprint density at radius 3 is 2.68 bits per heavy atom. The van der Waals surface area contributed by atoms with Gasteiger partial charge in [0.25, 0.3) is 11.5 Å². The van der Waals surface area contributed by atoms with Gasteiger partial charge in [0.1, 0.15) is 10.6 Å². The van der Waals surface area contributed by atoms with Crippen LogP contribution in [0.25, 0.3) is 15.9 Å². The van der Waals surface area contributed by atoms with Crippen LogP contribution in [0.3, 0.4) is 0 Å². The Kier molecular flexibility index (Phi) is 7.71. The van der Waals surface area contributed by atoms with Gasteiger partial charge in [-0.2, -0.15) is 5.10 Å². The number of carbonyl (C=O) groups is 1. The Labute approximate surface area is 223 Å². The molecule has 1 N–H and O–H groups in total. The molecule has 0 atom stereocenters. The first kappa shape index (κ1) is 25.2. The minimum Gasteiger partial charge on any atom is -0.494 e. The van der Waals surface area contributed by atoms with E-state index in [1.165, 1.54) is 16.6 Å². The summed E-state index contributed by atoms with van der Waals surface area (Å²) in [4.78, 5) is 33.3. The Morgan fingerprint density at radius 2 is 1.92 bits per heavy atom. The van der Waals surface area contributed by atoms with E-state index in [0.29, 0.717) is 11.8 Å². The highest BCUT2D eigenvalue weighted by atomic mass is 32.2. The Bertz CT molecular complexity index is 1510. The van der Waals surface area contributed by atoms with Crippen molar-refractivity contribution >= 4 is 45.4 Å². The molecule has 0 radical (unpaired) electrons. The maximum atomic E-state index is 13.8. The summed E-state index contributed by atoms with van der Waals surface area (Å²) in [6.45, 7) is 4.55. The third-order valence-corrected chi connectivity index (χ3v) is 8.30. The van der Waals surface area contributed by atoms with Crippen molar-refractivity contribution in [3.63, 3.8) is 0 Å². The molecular formula is C28H28N4O3S2. The van der Waals surface area contributed by atoms with Gasteiger partial charge in [0.2, 0.25) is 0 Å². The van der Waals surface area contributed by atoms with Gasteiger partial charge in [0.15, 0.2) is 5.16 Å². The van der Waals surface area contributed by atoms with Crippen LogP contribution in [0.1, 0.15) is 41.3 Å². The van der Waals surface area contributed by atoms with Gasteiger partial charge in [-0.25, -0.2) is 10.4 Å². The lowest BCUT2D eigenvalue weighted by molar-refractivity contribution is -0.118. The van der Waals surface area contributed by atoms with Crippen molar-refractivity contribution in [2.75, 3.05) is 12.4 Å². The van der Waals surface area contributed by atoms with Crippen molar-refractivity contribution in [3.05, 3.63) is 80.5 Å². The number of aryl methyl sites for hydroxylation is 3. The topological polar surface area (TPSA) is 85.6 Å². The molecular weight excluding hydrogens is 504 g/mol. The van der Waals surface area contributed by atoms with E-state index in [9.17, 15) is 9.59 Å². The molecule has 9 heteroatoms. The molecule has 7 nitrogen and oxygen atoms in total. The third kappa shape index (κ3) is 5.62. The minimum absolute atomic E-state index is 0.0651. The number of hydrogen-bond acceptors (Lipinski definition) is 7. The lowest BCUT2D eigenvalue weighted by atomic mass is 9.97. The van der Waals surface area contributed by atoms with Gasteiger partial charge >= 0.3 is 0 Å². The summed E-state index contributed by atoms with van der Waals surface area (Å²) in [5.41, 5.74) is 6.36. The van der Waals surface area contributed by atoms with Gasteiger partial charge < -0.3 is 4.74 Å². The van der Waals surface area contributed by atoms with Crippen LogP contribution in [0.5, 0.6) is 5.75 Å². The summed E-state index contributed by atoms with van der Waals surface area (Å²) in [5, 5.41) is 5.30. The molecule has 0 fully saturated rings. The largest absolute Gasteiger partial charge is 0.494 e. The highest BCUT2D eigenvalue weighted by molar-refractivity contribution is 7.99. The lowest BCUT2D eigenvalue weighted by Crippen LogP contribution is -2.24. The average Bonchev–Trinajstić information content (AvgIpc) is 3.28. The van der Waals surface area contributed by atoms with Crippen LogP contribution in [0.4, 0.5) is 0 Å².